The number of nitrogens with zero attached hydrogens (tertiary/aromatic N) is 2. The first-order valence-corrected chi connectivity index (χ1v) is 7.92. The summed E-state index contributed by atoms with van der Waals surface area (Å²) in [5, 5.41) is 11.5. The molecular formula is C17H20FN3O. The number of carbonyl (C=O) groups excluding carboxylic acids is 1. The highest BCUT2D eigenvalue weighted by molar-refractivity contribution is 5.75. The van der Waals surface area contributed by atoms with Crippen LogP contribution in [-0.4, -0.2) is 23.5 Å². The van der Waals surface area contributed by atoms with Gasteiger partial charge in [0.1, 0.15) is 5.82 Å². The second-order valence-electron chi connectivity index (χ2n) is 6.17. The molecule has 2 aliphatic rings. The fraction of sp³-hybridized carbons (Fsp3) is 0.529. The van der Waals surface area contributed by atoms with E-state index < -0.39 is 5.82 Å². The lowest BCUT2D eigenvalue weighted by molar-refractivity contribution is 0.139. The van der Waals surface area contributed by atoms with Crippen molar-refractivity contribution >= 4 is 6.03 Å². The van der Waals surface area contributed by atoms with Crippen molar-refractivity contribution in [1.29, 1.82) is 5.26 Å². The van der Waals surface area contributed by atoms with Crippen molar-refractivity contribution in [2.45, 2.75) is 44.7 Å². The van der Waals surface area contributed by atoms with E-state index in [4.69, 9.17) is 5.26 Å². The molecule has 3 rings (SSSR count). The van der Waals surface area contributed by atoms with Gasteiger partial charge in [0.25, 0.3) is 0 Å². The van der Waals surface area contributed by atoms with Crippen LogP contribution >= 0.6 is 0 Å². The van der Waals surface area contributed by atoms with Gasteiger partial charge < -0.3 is 10.2 Å². The number of hydrogen-bond donors (Lipinski definition) is 1. The van der Waals surface area contributed by atoms with Crippen molar-refractivity contribution in [2.75, 3.05) is 6.54 Å². The minimum atomic E-state index is -0.448. The van der Waals surface area contributed by atoms with Crippen LogP contribution in [0.5, 0.6) is 0 Å². The monoisotopic (exact) mass is 301 g/mol. The zero-order valence-electron chi connectivity index (χ0n) is 12.5. The molecule has 1 aromatic carbocycles. The first-order chi connectivity index (χ1) is 10.7. The van der Waals surface area contributed by atoms with Crippen LogP contribution in [0, 0.1) is 23.1 Å². The van der Waals surface area contributed by atoms with E-state index in [9.17, 15) is 9.18 Å². The molecule has 5 heteroatoms. The summed E-state index contributed by atoms with van der Waals surface area (Å²) in [5.74, 6) is 0.205. The third-order valence-electron chi connectivity index (χ3n) is 4.87. The SMILES string of the molecule is N#Cc1ccc(CNC(=O)N2CCC[C@@H]2C2CCC2)c(F)c1. The summed E-state index contributed by atoms with van der Waals surface area (Å²) in [5.41, 5.74) is 0.698. The summed E-state index contributed by atoms with van der Waals surface area (Å²) >= 11 is 0. The molecule has 1 atom stereocenters. The molecule has 1 heterocycles. The van der Waals surface area contributed by atoms with E-state index >= 15 is 0 Å². The van der Waals surface area contributed by atoms with Gasteiger partial charge in [-0.3, -0.25) is 0 Å². The predicted octanol–water partition coefficient (Wildman–Crippen LogP) is 3.17. The lowest BCUT2D eigenvalue weighted by Gasteiger charge is -2.37. The van der Waals surface area contributed by atoms with E-state index in [1.54, 1.807) is 12.1 Å². The maximum absolute atomic E-state index is 13.8. The largest absolute Gasteiger partial charge is 0.334 e. The minimum absolute atomic E-state index is 0.0989. The number of halogens is 1. The summed E-state index contributed by atoms with van der Waals surface area (Å²) in [6, 6.07) is 6.49. The molecule has 1 saturated carbocycles. The summed E-state index contributed by atoms with van der Waals surface area (Å²) in [6.45, 7) is 0.952. The minimum Gasteiger partial charge on any atom is -0.334 e. The van der Waals surface area contributed by atoms with E-state index in [2.05, 4.69) is 5.32 Å². The van der Waals surface area contributed by atoms with Crippen molar-refractivity contribution in [2.24, 2.45) is 5.92 Å². The number of hydrogen-bond acceptors (Lipinski definition) is 2. The second kappa shape index (κ2) is 6.35. The summed E-state index contributed by atoms with van der Waals surface area (Å²) < 4.78 is 13.8. The first-order valence-electron chi connectivity index (χ1n) is 7.92. The molecule has 22 heavy (non-hydrogen) atoms. The maximum Gasteiger partial charge on any atom is 0.317 e. The van der Waals surface area contributed by atoms with Gasteiger partial charge in [-0.25, -0.2) is 9.18 Å². The van der Waals surface area contributed by atoms with Crippen molar-refractivity contribution in [3.8, 4) is 6.07 Å². The average molecular weight is 301 g/mol. The van der Waals surface area contributed by atoms with Crippen molar-refractivity contribution < 1.29 is 9.18 Å². The summed E-state index contributed by atoms with van der Waals surface area (Å²) in [7, 11) is 0. The number of likely N-dealkylation sites (tertiary alicyclic amines) is 1. The van der Waals surface area contributed by atoms with Crippen molar-refractivity contribution in [3.05, 3.63) is 35.1 Å². The van der Waals surface area contributed by atoms with Gasteiger partial charge in [-0.2, -0.15) is 5.26 Å². The van der Waals surface area contributed by atoms with E-state index in [1.165, 1.54) is 25.3 Å². The van der Waals surface area contributed by atoms with Crippen molar-refractivity contribution in [3.63, 3.8) is 0 Å². The Balaban J connectivity index is 1.59. The molecule has 0 aromatic heterocycles. The Morgan fingerprint density at radius 3 is 2.82 bits per heavy atom. The van der Waals surface area contributed by atoms with Crippen LogP contribution in [0.2, 0.25) is 0 Å². The Morgan fingerprint density at radius 1 is 1.36 bits per heavy atom. The molecular weight excluding hydrogens is 281 g/mol. The first kappa shape index (κ1) is 14.8. The van der Waals surface area contributed by atoms with Gasteiger partial charge >= 0.3 is 6.03 Å². The van der Waals surface area contributed by atoms with Gasteiger partial charge in [-0.05, 0) is 43.7 Å². The van der Waals surface area contributed by atoms with Crippen LogP contribution in [0.25, 0.3) is 0 Å². The zero-order chi connectivity index (χ0) is 15.5. The maximum atomic E-state index is 13.8. The van der Waals surface area contributed by atoms with Gasteiger partial charge in [-0.15, -0.1) is 0 Å². The second-order valence-corrected chi connectivity index (χ2v) is 6.17. The molecule has 2 fully saturated rings. The molecule has 1 aliphatic carbocycles. The smallest absolute Gasteiger partial charge is 0.317 e. The van der Waals surface area contributed by atoms with Crippen LogP contribution in [-0.2, 0) is 6.54 Å². The average Bonchev–Trinajstić information content (AvgIpc) is 2.92. The molecule has 2 amide bonds. The predicted molar refractivity (Wildman–Crippen MR) is 80.4 cm³/mol. The van der Waals surface area contributed by atoms with Gasteiger partial charge in [-0.1, -0.05) is 12.5 Å². The Kier molecular flexibility index (Phi) is 4.28. The fourth-order valence-electron chi connectivity index (χ4n) is 3.39. The molecule has 1 aliphatic heterocycles. The van der Waals surface area contributed by atoms with Gasteiger partial charge in [0.05, 0.1) is 11.6 Å². The lowest BCUT2D eigenvalue weighted by atomic mass is 9.79. The third-order valence-corrected chi connectivity index (χ3v) is 4.87. The normalized spacial score (nSPS) is 21.3. The standard InChI is InChI=1S/C17H20FN3O/c18-15-9-12(10-19)6-7-14(15)11-20-17(22)21-8-2-5-16(21)13-3-1-4-13/h6-7,9,13,16H,1-5,8,11H2,(H,20,22)/t16-/m1/s1. The van der Waals surface area contributed by atoms with Crippen LogP contribution in [0.4, 0.5) is 9.18 Å². The fourth-order valence-corrected chi connectivity index (χ4v) is 3.39. The summed E-state index contributed by atoms with van der Waals surface area (Å²) in [6.07, 6.45) is 5.85. The molecule has 0 bridgehead atoms. The Labute approximate surface area is 129 Å². The van der Waals surface area contributed by atoms with E-state index in [1.807, 2.05) is 11.0 Å². The molecule has 0 radical (unpaired) electrons. The highest BCUT2D eigenvalue weighted by Crippen LogP contribution is 2.37. The zero-order valence-corrected chi connectivity index (χ0v) is 12.5. The molecule has 0 unspecified atom stereocenters. The van der Waals surface area contributed by atoms with Gasteiger partial charge in [0, 0.05) is 24.7 Å². The van der Waals surface area contributed by atoms with E-state index in [-0.39, 0.29) is 18.1 Å². The van der Waals surface area contributed by atoms with Crippen LogP contribution in [0.3, 0.4) is 0 Å². The van der Waals surface area contributed by atoms with E-state index in [0.29, 0.717) is 17.5 Å². The topological polar surface area (TPSA) is 56.1 Å². The molecule has 1 saturated heterocycles. The highest BCUT2D eigenvalue weighted by Gasteiger charge is 2.37. The highest BCUT2D eigenvalue weighted by atomic mass is 19.1. The lowest BCUT2D eigenvalue weighted by Crippen LogP contribution is -2.46. The van der Waals surface area contributed by atoms with Crippen LogP contribution in [0.15, 0.2) is 18.2 Å². The quantitative estimate of drug-likeness (QED) is 0.932. The number of benzene rings is 1. The molecule has 1 N–H and O–H groups in total. The van der Waals surface area contributed by atoms with Crippen LogP contribution < -0.4 is 5.32 Å². The number of nitriles is 1. The van der Waals surface area contributed by atoms with E-state index in [0.717, 1.165) is 19.4 Å². The molecule has 0 spiro atoms. The number of carbonyl (C=O) groups is 1. The van der Waals surface area contributed by atoms with Crippen LogP contribution in [0.1, 0.15) is 43.2 Å². The Hall–Kier alpha value is -2.09. The third kappa shape index (κ3) is 2.92. The van der Waals surface area contributed by atoms with Gasteiger partial charge in [0.2, 0.25) is 0 Å². The Bertz CT molecular complexity index is 606. The number of nitrogens with one attached hydrogen (secondary N) is 1. The number of amides is 2. The summed E-state index contributed by atoms with van der Waals surface area (Å²) in [4.78, 5) is 14.3. The molecule has 1 aromatic rings. The number of rotatable bonds is 3. The molecule has 4 nitrogen and oxygen atoms in total. The Morgan fingerprint density at radius 2 is 2.18 bits per heavy atom. The molecule has 116 valence electrons. The van der Waals surface area contributed by atoms with Crippen molar-refractivity contribution in [1.82, 2.24) is 10.2 Å². The number of urea groups is 1. The van der Waals surface area contributed by atoms with Gasteiger partial charge in [0.15, 0.2) is 0 Å².